The lowest BCUT2D eigenvalue weighted by Crippen LogP contribution is -2.01. The first kappa shape index (κ1) is 20.3. The van der Waals surface area contributed by atoms with Crippen molar-refractivity contribution in [2.24, 2.45) is 0 Å². The van der Waals surface area contributed by atoms with Gasteiger partial charge in [-0.25, -0.2) is 0 Å². The molecule has 0 saturated carbocycles. The smallest absolute Gasteiger partial charge is 0.303 e. The van der Waals surface area contributed by atoms with E-state index in [1.54, 1.807) is 12.4 Å². The van der Waals surface area contributed by atoms with Gasteiger partial charge in [0.15, 0.2) is 0 Å². The molecule has 0 spiro atoms. The van der Waals surface area contributed by atoms with Gasteiger partial charge in [0.25, 0.3) is 0 Å². The fourth-order valence-electron chi connectivity index (χ4n) is 3.34. The summed E-state index contributed by atoms with van der Waals surface area (Å²) in [6.07, 6.45) is 6.00. The Labute approximate surface area is 180 Å². The van der Waals surface area contributed by atoms with Crippen LogP contribution >= 0.6 is 0 Å². The van der Waals surface area contributed by atoms with E-state index in [4.69, 9.17) is 14.9 Å². The van der Waals surface area contributed by atoms with Crippen LogP contribution in [0, 0.1) is 0 Å². The maximum atomic E-state index is 11.1. The number of aryl methyl sites for hydroxylation is 1. The number of aromatic nitrogens is 3. The lowest BCUT2D eigenvalue weighted by Gasteiger charge is -2.07. The van der Waals surface area contributed by atoms with Crippen LogP contribution in [0.1, 0.15) is 23.1 Å². The molecule has 0 radical (unpaired) electrons. The van der Waals surface area contributed by atoms with Gasteiger partial charge in [0.05, 0.1) is 12.2 Å². The Morgan fingerprint density at radius 3 is 2.48 bits per heavy atom. The summed E-state index contributed by atoms with van der Waals surface area (Å²) < 4.78 is 7.68. The molecule has 6 nitrogen and oxygen atoms in total. The predicted molar refractivity (Wildman–Crippen MR) is 118 cm³/mol. The molecule has 2 heterocycles. The molecule has 0 saturated heterocycles. The Bertz CT molecular complexity index is 1120. The molecule has 4 rings (SSSR count). The van der Waals surface area contributed by atoms with Gasteiger partial charge in [0.1, 0.15) is 12.4 Å². The van der Waals surface area contributed by atoms with Crippen LogP contribution in [0.2, 0.25) is 0 Å². The number of carbonyl (C=O) groups is 1. The molecular formula is C25H23N3O3. The molecule has 2 aromatic heterocycles. The normalized spacial score (nSPS) is 10.7. The molecule has 0 atom stereocenters. The van der Waals surface area contributed by atoms with Gasteiger partial charge >= 0.3 is 5.97 Å². The lowest BCUT2D eigenvalue weighted by molar-refractivity contribution is -0.136. The van der Waals surface area contributed by atoms with Crippen molar-refractivity contribution in [2.75, 3.05) is 0 Å². The van der Waals surface area contributed by atoms with E-state index in [9.17, 15) is 4.79 Å². The molecule has 0 aliphatic heterocycles. The third-order valence-corrected chi connectivity index (χ3v) is 4.89. The Morgan fingerprint density at radius 1 is 0.968 bits per heavy atom. The second-order valence-corrected chi connectivity index (χ2v) is 7.25. The van der Waals surface area contributed by atoms with Gasteiger partial charge in [-0.2, -0.15) is 5.10 Å². The molecule has 0 bridgehead atoms. The molecule has 6 heteroatoms. The quantitative estimate of drug-likeness (QED) is 0.434. The van der Waals surface area contributed by atoms with E-state index in [0.717, 1.165) is 33.7 Å². The van der Waals surface area contributed by atoms with Crippen molar-refractivity contribution in [2.45, 2.75) is 26.0 Å². The van der Waals surface area contributed by atoms with Crippen LogP contribution in [0.3, 0.4) is 0 Å². The van der Waals surface area contributed by atoms with Crippen LogP contribution < -0.4 is 4.74 Å². The average molecular weight is 413 g/mol. The number of aliphatic carboxylic acids is 1. The Kier molecular flexibility index (Phi) is 6.38. The van der Waals surface area contributed by atoms with Crippen molar-refractivity contribution in [3.63, 3.8) is 0 Å². The second-order valence-electron chi connectivity index (χ2n) is 7.25. The fourth-order valence-corrected chi connectivity index (χ4v) is 3.34. The highest BCUT2D eigenvalue weighted by Crippen LogP contribution is 2.24. The predicted octanol–water partition coefficient (Wildman–Crippen LogP) is 4.59. The zero-order valence-electron chi connectivity index (χ0n) is 17.0. The van der Waals surface area contributed by atoms with Crippen LogP contribution in [0.5, 0.6) is 5.75 Å². The topological polar surface area (TPSA) is 77.2 Å². The van der Waals surface area contributed by atoms with Gasteiger partial charge < -0.3 is 9.84 Å². The number of carboxylic acid groups (broad SMARTS) is 1. The van der Waals surface area contributed by atoms with Crippen molar-refractivity contribution in [1.82, 2.24) is 14.8 Å². The summed E-state index contributed by atoms with van der Waals surface area (Å²) in [5.74, 6) is -0.0196. The molecule has 0 amide bonds. The van der Waals surface area contributed by atoms with E-state index >= 15 is 0 Å². The van der Waals surface area contributed by atoms with E-state index in [2.05, 4.69) is 4.98 Å². The van der Waals surface area contributed by atoms with Gasteiger partial charge in [-0.15, -0.1) is 0 Å². The van der Waals surface area contributed by atoms with Crippen LogP contribution in [0.15, 0.2) is 85.3 Å². The fraction of sp³-hybridized carbons (Fsp3) is 0.160. The van der Waals surface area contributed by atoms with Crippen LogP contribution in [0.4, 0.5) is 0 Å². The molecule has 31 heavy (non-hydrogen) atoms. The van der Waals surface area contributed by atoms with Crippen molar-refractivity contribution in [1.29, 1.82) is 0 Å². The SMILES string of the molecule is O=C(O)CCc1cn(Cc2ccc(OCc3cccnc3)cc2)nc1-c1ccccc1. The van der Waals surface area contributed by atoms with E-state index in [1.165, 1.54) is 0 Å². The third-order valence-electron chi connectivity index (χ3n) is 4.89. The first-order chi connectivity index (χ1) is 15.2. The first-order valence-electron chi connectivity index (χ1n) is 10.1. The molecule has 1 N–H and O–H groups in total. The zero-order valence-corrected chi connectivity index (χ0v) is 17.0. The summed E-state index contributed by atoms with van der Waals surface area (Å²) >= 11 is 0. The number of hydrogen-bond acceptors (Lipinski definition) is 4. The van der Waals surface area contributed by atoms with Crippen molar-refractivity contribution >= 4 is 5.97 Å². The van der Waals surface area contributed by atoms with Crippen LogP contribution in [-0.4, -0.2) is 25.8 Å². The maximum Gasteiger partial charge on any atom is 0.303 e. The van der Waals surface area contributed by atoms with Crippen LogP contribution in [0.25, 0.3) is 11.3 Å². The monoisotopic (exact) mass is 413 g/mol. The number of benzene rings is 2. The summed E-state index contributed by atoms with van der Waals surface area (Å²) in [5.41, 5.74) is 4.86. The average Bonchev–Trinajstić information content (AvgIpc) is 3.21. The molecule has 0 aliphatic carbocycles. The van der Waals surface area contributed by atoms with Gasteiger partial charge in [-0.05, 0) is 35.7 Å². The highest BCUT2D eigenvalue weighted by atomic mass is 16.5. The van der Waals surface area contributed by atoms with Gasteiger partial charge in [0, 0.05) is 36.1 Å². The second kappa shape index (κ2) is 9.71. The number of nitrogens with zero attached hydrogens (tertiary/aromatic N) is 3. The molecular weight excluding hydrogens is 390 g/mol. The van der Waals surface area contributed by atoms with E-state index < -0.39 is 5.97 Å². The first-order valence-corrected chi connectivity index (χ1v) is 10.1. The van der Waals surface area contributed by atoms with Gasteiger partial charge in [-0.1, -0.05) is 48.5 Å². The Balaban J connectivity index is 1.46. The standard InChI is InChI=1S/C25H23N3O3/c29-24(30)13-10-22-17-28(27-25(22)21-6-2-1-3-7-21)16-19-8-11-23(12-9-19)31-18-20-5-4-14-26-15-20/h1-9,11-12,14-15,17H,10,13,16,18H2,(H,29,30). The Hall–Kier alpha value is -3.93. The summed E-state index contributed by atoms with van der Waals surface area (Å²) in [6, 6.07) is 21.6. The van der Waals surface area contributed by atoms with Gasteiger partial charge in [-0.3, -0.25) is 14.5 Å². The minimum absolute atomic E-state index is 0.0779. The van der Waals surface area contributed by atoms with Gasteiger partial charge in [0.2, 0.25) is 0 Å². The Morgan fingerprint density at radius 2 is 1.77 bits per heavy atom. The maximum absolute atomic E-state index is 11.1. The van der Waals surface area contributed by atoms with Crippen molar-refractivity contribution in [3.05, 3.63) is 102 Å². The number of ether oxygens (including phenoxy) is 1. The molecule has 0 unspecified atom stereocenters. The minimum Gasteiger partial charge on any atom is -0.489 e. The summed E-state index contributed by atoms with van der Waals surface area (Å²) in [5, 5.41) is 13.8. The largest absolute Gasteiger partial charge is 0.489 e. The third kappa shape index (κ3) is 5.57. The summed E-state index contributed by atoms with van der Waals surface area (Å²) in [7, 11) is 0. The number of pyridine rings is 1. The van der Waals surface area contributed by atoms with E-state index in [0.29, 0.717) is 19.6 Å². The number of hydrogen-bond donors (Lipinski definition) is 1. The minimum atomic E-state index is -0.811. The molecule has 2 aromatic carbocycles. The van der Waals surface area contributed by atoms with Crippen molar-refractivity contribution < 1.29 is 14.6 Å². The van der Waals surface area contributed by atoms with Crippen molar-refractivity contribution in [3.8, 4) is 17.0 Å². The lowest BCUT2D eigenvalue weighted by atomic mass is 10.0. The molecule has 4 aromatic rings. The van der Waals surface area contributed by atoms with E-state index in [1.807, 2.05) is 77.6 Å². The summed E-state index contributed by atoms with van der Waals surface area (Å²) in [4.78, 5) is 15.1. The zero-order chi connectivity index (χ0) is 21.5. The number of carboxylic acids is 1. The van der Waals surface area contributed by atoms with Crippen LogP contribution in [-0.2, 0) is 24.4 Å². The highest BCUT2D eigenvalue weighted by molar-refractivity contribution is 5.68. The molecule has 0 fully saturated rings. The molecule has 0 aliphatic rings. The highest BCUT2D eigenvalue weighted by Gasteiger charge is 2.13. The molecule has 156 valence electrons. The van der Waals surface area contributed by atoms with E-state index in [-0.39, 0.29) is 6.42 Å². The number of rotatable bonds is 9. The summed E-state index contributed by atoms with van der Waals surface area (Å²) in [6.45, 7) is 1.06.